The highest BCUT2D eigenvalue weighted by Crippen LogP contribution is 2.50. The molecule has 2 fully saturated rings. The first-order valence-electron chi connectivity index (χ1n) is 10.5. The van der Waals surface area contributed by atoms with E-state index in [1.807, 2.05) is 0 Å². The highest BCUT2D eigenvalue weighted by Gasteiger charge is 2.39. The maximum Gasteiger partial charge on any atom is 0.317 e. The van der Waals surface area contributed by atoms with Crippen LogP contribution in [0.25, 0.3) is 0 Å². The molecule has 0 spiro atoms. The average molecular weight is 392 g/mol. The third kappa shape index (κ3) is 5.60. The number of amides is 2. The van der Waals surface area contributed by atoms with E-state index in [0.717, 1.165) is 49.6 Å². The van der Waals surface area contributed by atoms with Gasteiger partial charge in [-0.05, 0) is 87.6 Å². The molecule has 3 rings (SSSR count). The van der Waals surface area contributed by atoms with E-state index in [9.17, 15) is 9.18 Å². The van der Waals surface area contributed by atoms with Crippen LogP contribution in [0, 0.1) is 17.7 Å². The average Bonchev–Trinajstić information content (AvgIpc) is 3.46. The van der Waals surface area contributed by atoms with E-state index in [1.54, 1.807) is 38.2 Å². The van der Waals surface area contributed by atoms with E-state index in [1.165, 1.54) is 25.3 Å². The fraction of sp³-hybridized carbons (Fsp3) is 0.682. The molecule has 6 heteroatoms. The van der Waals surface area contributed by atoms with Gasteiger partial charge in [0.05, 0.1) is 7.11 Å². The smallest absolute Gasteiger partial charge is 0.317 e. The summed E-state index contributed by atoms with van der Waals surface area (Å²) in [6.07, 6.45) is 6.82. The first kappa shape index (κ1) is 20.9. The van der Waals surface area contributed by atoms with Gasteiger partial charge in [0.25, 0.3) is 0 Å². The monoisotopic (exact) mass is 391 g/mol. The highest BCUT2D eigenvalue weighted by molar-refractivity contribution is 5.73. The van der Waals surface area contributed by atoms with Crippen molar-refractivity contribution >= 4 is 6.03 Å². The number of ether oxygens (including phenoxy) is 1. The van der Waals surface area contributed by atoms with Gasteiger partial charge >= 0.3 is 6.03 Å². The SMILES string of the molecule is COc1ccc(F)cc1[C@@H]1C[C@H]1CNCCC1CCC(NC(=O)N(C)C)CC1. The molecule has 0 unspecified atom stereocenters. The number of methoxy groups -OCH3 is 1. The first-order chi connectivity index (χ1) is 13.5. The molecule has 0 bridgehead atoms. The molecule has 2 N–H and O–H groups in total. The van der Waals surface area contributed by atoms with Crippen molar-refractivity contribution in [2.75, 3.05) is 34.3 Å². The van der Waals surface area contributed by atoms with Gasteiger partial charge in [0.2, 0.25) is 0 Å². The summed E-state index contributed by atoms with van der Waals surface area (Å²) in [5.74, 6) is 2.35. The number of halogens is 1. The van der Waals surface area contributed by atoms with E-state index in [4.69, 9.17) is 4.74 Å². The first-order valence-corrected chi connectivity index (χ1v) is 10.5. The summed E-state index contributed by atoms with van der Waals surface area (Å²) in [4.78, 5) is 13.3. The number of nitrogens with one attached hydrogen (secondary N) is 2. The molecule has 0 aliphatic heterocycles. The highest BCUT2D eigenvalue weighted by atomic mass is 19.1. The number of carbonyl (C=O) groups excluding carboxylic acids is 1. The van der Waals surface area contributed by atoms with Crippen LogP contribution in [0.3, 0.4) is 0 Å². The molecule has 1 aromatic carbocycles. The maximum atomic E-state index is 13.6. The van der Waals surface area contributed by atoms with Crippen LogP contribution in [0.4, 0.5) is 9.18 Å². The molecule has 0 radical (unpaired) electrons. The van der Waals surface area contributed by atoms with Gasteiger partial charge in [0.1, 0.15) is 11.6 Å². The molecule has 1 aromatic rings. The standard InChI is InChI=1S/C22H34FN3O2/c1-26(2)22(27)25-18-7-4-15(5-8-18)10-11-24-14-16-12-19(16)20-13-17(23)6-9-21(20)28-3/h6,9,13,15-16,18-19,24H,4-5,7-8,10-12,14H2,1-3H3,(H,25,27)/t15?,16-,18?,19+/m0/s1. The summed E-state index contributed by atoms with van der Waals surface area (Å²) in [6.45, 7) is 2.02. The zero-order valence-electron chi connectivity index (χ0n) is 17.3. The molecule has 0 aromatic heterocycles. The number of urea groups is 1. The molecule has 28 heavy (non-hydrogen) atoms. The Morgan fingerprint density at radius 3 is 2.68 bits per heavy atom. The summed E-state index contributed by atoms with van der Waals surface area (Å²) in [7, 11) is 5.20. The largest absolute Gasteiger partial charge is 0.496 e. The fourth-order valence-corrected chi connectivity index (χ4v) is 4.34. The van der Waals surface area contributed by atoms with Crippen molar-refractivity contribution in [2.45, 2.75) is 50.5 Å². The molecule has 0 heterocycles. The minimum Gasteiger partial charge on any atom is -0.496 e. The van der Waals surface area contributed by atoms with Gasteiger partial charge in [0.15, 0.2) is 0 Å². The summed E-state index contributed by atoms with van der Waals surface area (Å²) in [6, 6.07) is 5.15. The van der Waals surface area contributed by atoms with Crippen molar-refractivity contribution in [3.63, 3.8) is 0 Å². The fourth-order valence-electron chi connectivity index (χ4n) is 4.34. The number of hydrogen-bond donors (Lipinski definition) is 2. The minimum atomic E-state index is -0.188. The van der Waals surface area contributed by atoms with Gasteiger partial charge in [0, 0.05) is 25.7 Å². The van der Waals surface area contributed by atoms with Crippen molar-refractivity contribution in [3.05, 3.63) is 29.6 Å². The number of nitrogens with zero attached hydrogens (tertiary/aromatic N) is 1. The lowest BCUT2D eigenvalue weighted by molar-refractivity contribution is 0.203. The lowest BCUT2D eigenvalue weighted by atomic mass is 9.84. The zero-order valence-corrected chi connectivity index (χ0v) is 17.3. The second-order valence-corrected chi connectivity index (χ2v) is 8.54. The van der Waals surface area contributed by atoms with Crippen molar-refractivity contribution in [3.8, 4) is 5.75 Å². The molecule has 0 saturated heterocycles. The number of rotatable bonds is 8. The maximum absolute atomic E-state index is 13.6. The van der Waals surface area contributed by atoms with Crippen LogP contribution in [0.5, 0.6) is 5.75 Å². The van der Waals surface area contributed by atoms with Crippen molar-refractivity contribution in [1.29, 1.82) is 0 Å². The Kier molecular flexibility index (Phi) is 7.16. The molecule has 5 nitrogen and oxygen atoms in total. The Bertz CT molecular complexity index is 659. The quantitative estimate of drug-likeness (QED) is 0.664. The van der Waals surface area contributed by atoms with E-state index < -0.39 is 0 Å². The minimum absolute atomic E-state index is 0.0130. The van der Waals surface area contributed by atoms with Gasteiger partial charge in [-0.3, -0.25) is 0 Å². The molecule has 2 atom stereocenters. The number of carbonyl (C=O) groups is 1. The Labute approximate surface area is 168 Å². The number of hydrogen-bond acceptors (Lipinski definition) is 3. The van der Waals surface area contributed by atoms with Crippen LogP contribution in [0.15, 0.2) is 18.2 Å². The van der Waals surface area contributed by atoms with E-state index in [0.29, 0.717) is 17.9 Å². The Morgan fingerprint density at radius 1 is 1.25 bits per heavy atom. The molecule has 156 valence electrons. The molecule has 2 saturated carbocycles. The van der Waals surface area contributed by atoms with E-state index >= 15 is 0 Å². The number of benzene rings is 1. The van der Waals surface area contributed by atoms with Crippen LogP contribution in [0.1, 0.15) is 50.0 Å². The van der Waals surface area contributed by atoms with Crippen LogP contribution in [-0.4, -0.2) is 51.3 Å². The van der Waals surface area contributed by atoms with Gasteiger partial charge in [-0.15, -0.1) is 0 Å². The summed E-state index contributed by atoms with van der Waals surface area (Å²) >= 11 is 0. The normalized spacial score (nSPS) is 26.6. The third-order valence-electron chi connectivity index (χ3n) is 6.23. The summed E-state index contributed by atoms with van der Waals surface area (Å²) in [5, 5.41) is 6.69. The van der Waals surface area contributed by atoms with Crippen molar-refractivity contribution < 1.29 is 13.9 Å². The van der Waals surface area contributed by atoms with Gasteiger partial charge < -0.3 is 20.3 Å². The lowest BCUT2D eigenvalue weighted by Crippen LogP contribution is -2.43. The lowest BCUT2D eigenvalue weighted by Gasteiger charge is -2.30. The summed E-state index contributed by atoms with van der Waals surface area (Å²) < 4.78 is 18.9. The van der Waals surface area contributed by atoms with Crippen molar-refractivity contribution in [2.24, 2.45) is 11.8 Å². The topological polar surface area (TPSA) is 53.6 Å². The van der Waals surface area contributed by atoms with Gasteiger partial charge in [-0.25, -0.2) is 9.18 Å². The van der Waals surface area contributed by atoms with Crippen LogP contribution < -0.4 is 15.4 Å². The van der Waals surface area contributed by atoms with E-state index in [-0.39, 0.29) is 11.8 Å². The predicted molar refractivity (Wildman–Crippen MR) is 109 cm³/mol. The Morgan fingerprint density at radius 2 is 2.00 bits per heavy atom. The molecule has 2 aliphatic rings. The zero-order chi connectivity index (χ0) is 20.1. The van der Waals surface area contributed by atoms with Crippen LogP contribution in [-0.2, 0) is 0 Å². The predicted octanol–water partition coefficient (Wildman–Crippen LogP) is 3.75. The van der Waals surface area contributed by atoms with Crippen molar-refractivity contribution in [1.82, 2.24) is 15.5 Å². The Balaban J connectivity index is 1.31. The molecular formula is C22H34FN3O2. The van der Waals surface area contributed by atoms with Crippen LogP contribution >= 0.6 is 0 Å². The van der Waals surface area contributed by atoms with Gasteiger partial charge in [-0.2, -0.15) is 0 Å². The van der Waals surface area contributed by atoms with Gasteiger partial charge in [-0.1, -0.05) is 0 Å². The Hall–Kier alpha value is -1.82. The van der Waals surface area contributed by atoms with Crippen LogP contribution in [0.2, 0.25) is 0 Å². The second kappa shape index (κ2) is 9.59. The third-order valence-corrected chi connectivity index (χ3v) is 6.23. The molecular weight excluding hydrogens is 357 g/mol. The van der Waals surface area contributed by atoms with E-state index in [2.05, 4.69) is 10.6 Å². The molecule has 2 aliphatic carbocycles. The second-order valence-electron chi connectivity index (χ2n) is 8.54. The molecule has 2 amide bonds. The summed E-state index contributed by atoms with van der Waals surface area (Å²) in [5.41, 5.74) is 1.01.